The molecule has 0 radical (unpaired) electrons. The SMILES string of the molecule is CC(C)CCNCC1CNC1. The first-order valence-corrected chi connectivity index (χ1v) is 4.70. The van der Waals surface area contributed by atoms with Gasteiger partial charge < -0.3 is 10.6 Å². The third-order valence-corrected chi connectivity index (χ3v) is 2.20. The fourth-order valence-electron chi connectivity index (χ4n) is 1.19. The zero-order valence-corrected chi connectivity index (χ0v) is 7.69. The molecule has 11 heavy (non-hydrogen) atoms. The van der Waals surface area contributed by atoms with Crippen molar-refractivity contribution in [1.82, 2.24) is 10.6 Å². The average molecular weight is 156 g/mol. The molecule has 0 unspecified atom stereocenters. The van der Waals surface area contributed by atoms with Crippen LogP contribution in [-0.4, -0.2) is 26.2 Å². The molecular weight excluding hydrogens is 136 g/mol. The van der Waals surface area contributed by atoms with Crippen molar-refractivity contribution in [3.63, 3.8) is 0 Å². The van der Waals surface area contributed by atoms with Gasteiger partial charge in [0.15, 0.2) is 0 Å². The lowest BCUT2D eigenvalue weighted by atomic mass is 10.0. The lowest BCUT2D eigenvalue weighted by Crippen LogP contribution is -2.47. The normalized spacial score (nSPS) is 18.8. The summed E-state index contributed by atoms with van der Waals surface area (Å²) in [4.78, 5) is 0. The molecule has 1 aliphatic rings. The molecule has 0 bridgehead atoms. The molecule has 0 spiro atoms. The maximum absolute atomic E-state index is 3.48. The van der Waals surface area contributed by atoms with Gasteiger partial charge in [0.05, 0.1) is 0 Å². The first kappa shape index (κ1) is 9.01. The van der Waals surface area contributed by atoms with E-state index in [0.29, 0.717) is 0 Å². The first-order chi connectivity index (χ1) is 5.29. The Morgan fingerprint density at radius 1 is 1.45 bits per heavy atom. The Balaban J connectivity index is 1.80. The number of hydrogen-bond donors (Lipinski definition) is 2. The fourth-order valence-corrected chi connectivity index (χ4v) is 1.19. The van der Waals surface area contributed by atoms with Gasteiger partial charge in [0, 0.05) is 19.6 Å². The van der Waals surface area contributed by atoms with Gasteiger partial charge in [0.1, 0.15) is 0 Å². The molecule has 2 nitrogen and oxygen atoms in total. The molecule has 1 heterocycles. The molecule has 66 valence electrons. The van der Waals surface area contributed by atoms with E-state index in [2.05, 4.69) is 24.5 Å². The summed E-state index contributed by atoms with van der Waals surface area (Å²) >= 11 is 0. The van der Waals surface area contributed by atoms with Crippen molar-refractivity contribution < 1.29 is 0 Å². The third kappa shape index (κ3) is 3.73. The van der Waals surface area contributed by atoms with E-state index < -0.39 is 0 Å². The van der Waals surface area contributed by atoms with Crippen molar-refractivity contribution in [2.24, 2.45) is 11.8 Å². The molecule has 0 aromatic carbocycles. The summed E-state index contributed by atoms with van der Waals surface area (Å²) < 4.78 is 0. The van der Waals surface area contributed by atoms with E-state index >= 15 is 0 Å². The van der Waals surface area contributed by atoms with E-state index in [1.807, 2.05) is 0 Å². The minimum atomic E-state index is 0.835. The Morgan fingerprint density at radius 2 is 2.18 bits per heavy atom. The van der Waals surface area contributed by atoms with Crippen LogP contribution in [-0.2, 0) is 0 Å². The standard InChI is InChI=1S/C9H20N2/c1-8(2)3-4-10-5-9-6-11-7-9/h8-11H,3-7H2,1-2H3. The molecule has 0 amide bonds. The Bertz CT molecular complexity index is 97.7. The summed E-state index contributed by atoms with van der Waals surface area (Å²) in [5.74, 6) is 1.74. The van der Waals surface area contributed by atoms with Gasteiger partial charge in [-0.25, -0.2) is 0 Å². The summed E-state index contributed by atoms with van der Waals surface area (Å²) in [5, 5.41) is 6.75. The van der Waals surface area contributed by atoms with E-state index in [0.717, 1.165) is 11.8 Å². The lowest BCUT2D eigenvalue weighted by molar-refractivity contribution is 0.329. The molecule has 1 fully saturated rings. The second kappa shape index (κ2) is 4.73. The Labute approximate surface area is 69.8 Å². The van der Waals surface area contributed by atoms with E-state index in [-0.39, 0.29) is 0 Å². The summed E-state index contributed by atoms with van der Waals surface area (Å²) in [6.45, 7) is 9.37. The van der Waals surface area contributed by atoms with Crippen molar-refractivity contribution in [2.45, 2.75) is 20.3 Å². The van der Waals surface area contributed by atoms with Crippen LogP contribution in [0.1, 0.15) is 20.3 Å². The second-order valence-electron chi connectivity index (χ2n) is 3.91. The van der Waals surface area contributed by atoms with Crippen molar-refractivity contribution in [2.75, 3.05) is 26.2 Å². The van der Waals surface area contributed by atoms with Crippen molar-refractivity contribution in [3.8, 4) is 0 Å². The van der Waals surface area contributed by atoms with Gasteiger partial charge in [0.2, 0.25) is 0 Å². The van der Waals surface area contributed by atoms with Crippen LogP contribution in [0.15, 0.2) is 0 Å². The van der Waals surface area contributed by atoms with E-state index in [1.54, 1.807) is 0 Å². The van der Waals surface area contributed by atoms with Crippen LogP contribution in [0.25, 0.3) is 0 Å². The first-order valence-electron chi connectivity index (χ1n) is 4.70. The van der Waals surface area contributed by atoms with Crippen LogP contribution in [0, 0.1) is 11.8 Å². The van der Waals surface area contributed by atoms with Gasteiger partial charge in [-0.3, -0.25) is 0 Å². The minimum absolute atomic E-state index is 0.835. The molecular formula is C9H20N2. The van der Waals surface area contributed by atoms with Crippen LogP contribution in [0.3, 0.4) is 0 Å². The molecule has 0 aromatic heterocycles. The van der Waals surface area contributed by atoms with Crippen molar-refractivity contribution in [3.05, 3.63) is 0 Å². The average Bonchev–Trinajstić information content (AvgIpc) is 1.82. The van der Waals surface area contributed by atoms with Crippen LogP contribution >= 0.6 is 0 Å². The smallest absolute Gasteiger partial charge is 0.000394 e. The van der Waals surface area contributed by atoms with Gasteiger partial charge in [-0.05, 0) is 24.8 Å². The van der Waals surface area contributed by atoms with Crippen molar-refractivity contribution >= 4 is 0 Å². The summed E-state index contributed by atoms with van der Waals surface area (Å²) in [7, 11) is 0. The molecule has 0 atom stereocenters. The number of nitrogens with one attached hydrogen (secondary N) is 2. The molecule has 0 saturated carbocycles. The molecule has 2 N–H and O–H groups in total. The quantitative estimate of drug-likeness (QED) is 0.576. The van der Waals surface area contributed by atoms with E-state index in [9.17, 15) is 0 Å². The Kier molecular flexibility index (Phi) is 3.87. The highest BCUT2D eigenvalue weighted by molar-refractivity contribution is 4.76. The van der Waals surface area contributed by atoms with Gasteiger partial charge in [-0.1, -0.05) is 13.8 Å². The maximum atomic E-state index is 3.48. The highest BCUT2D eigenvalue weighted by Gasteiger charge is 2.14. The fraction of sp³-hybridized carbons (Fsp3) is 1.00. The van der Waals surface area contributed by atoms with E-state index in [4.69, 9.17) is 0 Å². The van der Waals surface area contributed by atoms with Crippen LogP contribution in [0.2, 0.25) is 0 Å². The van der Waals surface area contributed by atoms with Crippen LogP contribution < -0.4 is 10.6 Å². The highest BCUT2D eigenvalue weighted by atomic mass is 15.0. The van der Waals surface area contributed by atoms with Gasteiger partial charge in [0.25, 0.3) is 0 Å². The summed E-state index contributed by atoms with van der Waals surface area (Å²) in [6.07, 6.45) is 1.31. The zero-order chi connectivity index (χ0) is 8.10. The van der Waals surface area contributed by atoms with Gasteiger partial charge >= 0.3 is 0 Å². The monoisotopic (exact) mass is 156 g/mol. The summed E-state index contributed by atoms with van der Waals surface area (Å²) in [5.41, 5.74) is 0. The van der Waals surface area contributed by atoms with Crippen LogP contribution in [0.4, 0.5) is 0 Å². The molecule has 1 rings (SSSR count). The molecule has 0 aliphatic carbocycles. The van der Waals surface area contributed by atoms with Crippen LogP contribution in [0.5, 0.6) is 0 Å². The number of rotatable bonds is 5. The topological polar surface area (TPSA) is 24.1 Å². The van der Waals surface area contributed by atoms with Crippen molar-refractivity contribution in [1.29, 1.82) is 0 Å². The zero-order valence-electron chi connectivity index (χ0n) is 7.69. The highest BCUT2D eigenvalue weighted by Crippen LogP contribution is 2.01. The predicted molar refractivity (Wildman–Crippen MR) is 48.7 cm³/mol. The predicted octanol–water partition coefficient (Wildman–Crippen LogP) is 0.842. The Morgan fingerprint density at radius 3 is 2.64 bits per heavy atom. The van der Waals surface area contributed by atoms with Gasteiger partial charge in [-0.15, -0.1) is 0 Å². The summed E-state index contributed by atoms with van der Waals surface area (Å²) in [6, 6.07) is 0. The second-order valence-corrected chi connectivity index (χ2v) is 3.91. The third-order valence-electron chi connectivity index (χ3n) is 2.20. The lowest BCUT2D eigenvalue weighted by Gasteiger charge is -2.27. The van der Waals surface area contributed by atoms with E-state index in [1.165, 1.54) is 32.6 Å². The van der Waals surface area contributed by atoms with Gasteiger partial charge in [-0.2, -0.15) is 0 Å². The number of hydrogen-bond acceptors (Lipinski definition) is 2. The molecule has 1 aliphatic heterocycles. The minimum Gasteiger partial charge on any atom is -0.316 e. The maximum Gasteiger partial charge on any atom is 0.000394 e. The molecule has 2 heteroatoms. The molecule has 1 saturated heterocycles. The Hall–Kier alpha value is -0.0800. The largest absolute Gasteiger partial charge is 0.316 e. The molecule has 0 aromatic rings.